The van der Waals surface area contributed by atoms with E-state index in [1.165, 1.54) is 29.6 Å². The lowest BCUT2D eigenvalue weighted by Gasteiger charge is -2.29. The van der Waals surface area contributed by atoms with Gasteiger partial charge in [0, 0.05) is 30.6 Å². The third kappa shape index (κ3) is 5.39. The molecule has 1 heterocycles. The number of benzene rings is 2. The Morgan fingerprint density at radius 3 is 2.39 bits per heavy atom. The standard InChI is InChI=1S/C24H25N3O5S/c1-17(2)27(33(30,31)22-9-5-8-21(15-22)32-3)20-7-4-6-19(14-20)23(16-24(28)26-29)18-10-12-25-13-11-18/h4-17,29H,1-3H3,(H,26,28)/b23-16-. The number of carbonyl (C=O) groups is 1. The molecular formula is C24H25N3O5S. The Hall–Kier alpha value is -3.69. The molecule has 3 aromatic rings. The predicted molar refractivity (Wildman–Crippen MR) is 125 cm³/mol. The second-order valence-electron chi connectivity index (χ2n) is 7.39. The number of hydrogen-bond acceptors (Lipinski definition) is 6. The first-order chi connectivity index (χ1) is 15.8. The molecule has 2 aromatic carbocycles. The van der Waals surface area contributed by atoms with Gasteiger partial charge in [-0.15, -0.1) is 0 Å². The van der Waals surface area contributed by atoms with Crippen molar-refractivity contribution in [3.8, 4) is 5.75 Å². The highest BCUT2D eigenvalue weighted by atomic mass is 32.2. The molecule has 0 atom stereocenters. The van der Waals surface area contributed by atoms with E-state index in [4.69, 9.17) is 9.94 Å². The zero-order chi connectivity index (χ0) is 24.0. The van der Waals surface area contributed by atoms with E-state index in [0.717, 1.165) is 0 Å². The highest BCUT2D eigenvalue weighted by Crippen LogP contribution is 2.31. The molecule has 0 aliphatic rings. The molecule has 0 saturated heterocycles. The Bertz CT molecular complexity index is 1260. The smallest absolute Gasteiger partial charge is 0.267 e. The topological polar surface area (TPSA) is 109 Å². The normalized spacial score (nSPS) is 11.8. The maximum absolute atomic E-state index is 13.6. The highest BCUT2D eigenvalue weighted by Gasteiger charge is 2.28. The van der Waals surface area contributed by atoms with Gasteiger partial charge < -0.3 is 4.74 Å². The van der Waals surface area contributed by atoms with Crippen LogP contribution in [0.3, 0.4) is 0 Å². The number of amides is 1. The number of hydroxylamine groups is 1. The van der Waals surface area contributed by atoms with Crippen LogP contribution in [0.4, 0.5) is 5.69 Å². The third-order valence-corrected chi connectivity index (χ3v) is 6.86. The van der Waals surface area contributed by atoms with Crippen LogP contribution in [0.2, 0.25) is 0 Å². The predicted octanol–water partition coefficient (Wildman–Crippen LogP) is 3.63. The molecule has 0 spiro atoms. The zero-order valence-electron chi connectivity index (χ0n) is 18.5. The van der Waals surface area contributed by atoms with Gasteiger partial charge in [-0.2, -0.15) is 0 Å². The third-order valence-electron chi connectivity index (χ3n) is 4.86. The van der Waals surface area contributed by atoms with E-state index in [1.807, 2.05) is 0 Å². The number of ether oxygens (including phenoxy) is 1. The lowest BCUT2D eigenvalue weighted by Crippen LogP contribution is -2.37. The Morgan fingerprint density at radius 2 is 1.76 bits per heavy atom. The molecule has 0 fully saturated rings. The van der Waals surface area contributed by atoms with Gasteiger partial charge in [-0.25, -0.2) is 13.9 Å². The molecule has 1 aromatic heterocycles. The van der Waals surface area contributed by atoms with Crippen molar-refractivity contribution in [2.24, 2.45) is 0 Å². The van der Waals surface area contributed by atoms with E-state index >= 15 is 0 Å². The number of nitrogens with one attached hydrogen (secondary N) is 1. The van der Waals surface area contributed by atoms with E-state index < -0.39 is 22.0 Å². The zero-order valence-corrected chi connectivity index (χ0v) is 19.3. The summed E-state index contributed by atoms with van der Waals surface area (Å²) in [7, 11) is -2.44. The van der Waals surface area contributed by atoms with Gasteiger partial charge in [-0.05, 0) is 66.9 Å². The van der Waals surface area contributed by atoms with E-state index in [1.54, 1.807) is 80.3 Å². The molecule has 3 rings (SSSR count). The monoisotopic (exact) mass is 467 g/mol. The van der Waals surface area contributed by atoms with Crippen LogP contribution in [0.15, 0.2) is 84.0 Å². The van der Waals surface area contributed by atoms with Crippen LogP contribution in [-0.4, -0.2) is 37.7 Å². The van der Waals surface area contributed by atoms with Crippen molar-refractivity contribution in [1.82, 2.24) is 10.5 Å². The van der Waals surface area contributed by atoms with Crippen molar-refractivity contribution in [1.29, 1.82) is 0 Å². The molecule has 172 valence electrons. The van der Waals surface area contributed by atoms with Crippen molar-refractivity contribution >= 4 is 27.2 Å². The largest absolute Gasteiger partial charge is 0.497 e. The van der Waals surface area contributed by atoms with E-state index in [9.17, 15) is 13.2 Å². The Kier molecular flexibility index (Phi) is 7.47. The second kappa shape index (κ2) is 10.3. The highest BCUT2D eigenvalue weighted by molar-refractivity contribution is 7.92. The molecular weight excluding hydrogens is 442 g/mol. The Balaban J connectivity index is 2.14. The number of sulfonamides is 1. The molecule has 0 bridgehead atoms. The van der Waals surface area contributed by atoms with E-state index in [0.29, 0.717) is 28.1 Å². The first kappa shape index (κ1) is 24.0. The summed E-state index contributed by atoms with van der Waals surface area (Å²) < 4.78 is 33.6. The van der Waals surface area contributed by atoms with Crippen molar-refractivity contribution < 1.29 is 23.2 Å². The number of hydrogen-bond donors (Lipinski definition) is 2. The fourth-order valence-corrected chi connectivity index (χ4v) is 5.12. The number of anilines is 1. The Morgan fingerprint density at radius 1 is 1.06 bits per heavy atom. The number of nitrogens with zero attached hydrogens (tertiary/aromatic N) is 2. The minimum absolute atomic E-state index is 0.102. The summed E-state index contributed by atoms with van der Waals surface area (Å²) in [5.41, 5.74) is 3.79. The summed E-state index contributed by atoms with van der Waals surface area (Å²) in [4.78, 5) is 16.0. The molecule has 8 nitrogen and oxygen atoms in total. The number of pyridine rings is 1. The maximum Gasteiger partial charge on any atom is 0.267 e. The molecule has 2 N–H and O–H groups in total. The first-order valence-electron chi connectivity index (χ1n) is 10.1. The summed E-state index contributed by atoms with van der Waals surface area (Å²) >= 11 is 0. The summed E-state index contributed by atoms with van der Waals surface area (Å²) in [5.74, 6) is -0.275. The minimum atomic E-state index is -3.92. The van der Waals surface area contributed by atoms with Crippen molar-refractivity contribution in [3.63, 3.8) is 0 Å². The molecule has 9 heteroatoms. The number of methoxy groups -OCH3 is 1. The Labute approximate surface area is 193 Å². The van der Waals surface area contributed by atoms with Crippen molar-refractivity contribution in [3.05, 3.63) is 90.3 Å². The van der Waals surface area contributed by atoms with Crippen molar-refractivity contribution in [2.75, 3.05) is 11.4 Å². The lowest BCUT2D eigenvalue weighted by molar-refractivity contribution is -0.124. The van der Waals surface area contributed by atoms with Gasteiger partial charge in [0.25, 0.3) is 15.9 Å². The van der Waals surface area contributed by atoms with Crippen LogP contribution in [0.1, 0.15) is 25.0 Å². The molecule has 0 aliphatic heterocycles. The SMILES string of the molecule is COc1cccc(S(=O)(=O)N(c2cccc(/C(=C\C(=O)NO)c3ccncc3)c2)C(C)C)c1. The van der Waals surface area contributed by atoms with Gasteiger partial charge in [-0.1, -0.05) is 18.2 Å². The van der Waals surface area contributed by atoms with Crippen LogP contribution in [0, 0.1) is 0 Å². The van der Waals surface area contributed by atoms with E-state index in [2.05, 4.69) is 4.98 Å². The van der Waals surface area contributed by atoms with Crippen LogP contribution < -0.4 is 14.5 Å². The lowest BCUT2D eigenvalue weighted by atomic mass is 9.97. The number of aromatic nitrogens is 1. The first-order valence-corrected chi connectivity index (χ1v) is 11.6. The van der Waals surface area contributed by atoms with Gasteiger partial charge in [0.15, 0.2) is 0 Å². The van der Waals surface area contributed by atoms with Gasteiger partial charge in [-0.3, -0.25) is 19.3 Å². The molecule has 0 saturated carbocycles. The fraction of sp³-hybridized carbons (Fsp3) is 0.167. The van der Waals surface area contributed by atoms with Crippen molar-refractivity contribution in [2.45, 2.75) is 24.8 Å². The summed E-state index contributed by atoms with van der Waals surface area (Å²) in [6.45, 7) is 3.56. The maximum atomic E-state index is 13.6. The molecule has 0 radical (unpaired) electrons. The van der Waals surface area contributed by atoms with Gasteiger partial charge in [0.05, 0.1) is 17.7 Å². The average molecular weight is 468 g/mol. The molecule has 1 amide bonds. The van der Waals surface area contributed by atoms with Gasteiger partial charge in [0.1, 0.15) is 5.75 Å². The molecule has 0 unspecified atom stereocenters. The van der Waals surface area contributed by atoms with Gasteiger partial charge >= 0.3 is 0 Å². The van der Waals surface area contributed by atoms with Crippen LogP contribution in [0.25, 0.3) is 5.57 Å². The quantitative estimate of drug-likeness (QED) is 0.298. The second-order valence-corrected chi connectivity index (χ2v) is 9.21. The summed E-state index contributed by atoms with van der Waals surface area (Å²) in [6, 6.07) is 16.2. The average Bonchev–Trinajstić information content (AvgIpc) is 2.82. The molecule has 0 aliphatic carbocycles. The van der Waals surface area contributed by atoms with Crippen LogP contribution >= 0.6 is 0 Å². The summed E-state index contributed by atoms with van der Waals surface area (Å²) in [5, 5.41) is 9.01. The minimum Gasteiger partial charge on any atom is -0.497 e. The van der Waals surface area contributed by atoms with Crippen LogP contribution in [-0.2, 0) is 14.8 Å². The van der Waals surface area contributed by atoms with Gasteiger partial charge in [0.2, 0.25) is 0 Å². The number of carbonyl (C=O) groups excluding carboxylic acids is 1. The summed E-state index contributed by atoms with van der Waals surface area (Å²) in [6.07, 6.45) is 4.40. The fourth-order valence-electron chi connectivity index (χ4n) is 3.43. The number of rotatable bonds is 8. The van der Waals surface area contributed by atoms with E-state index in [-0.39, 0.29) is 4.90 Å². The van der Waals surface area contributed by atoms with Crippen LogP contribution in [0.5, 0.6) is 5.75 Å². The molecule has 33 heavy (non-hydrogen) atoms.